The zero-order valence-electron chi connectivity index (χ0n) is 11.5. The molecule has 2 atom stereocenters. The van der Waals surface area contributed by atoms with Gasteiger partial charge in [0.25, 0.3) is 0 Å². The zero-order valence-corrected chi connectivity index (χ0v) is 15.4. The summed E-state index contributed by atoms with van der Waals surface area (Å²) < 4.78 is 9.55. The maximum Gasteiger partial charge on any atom is 0.508 e. The van der Waals surface area contributed by atoms with Gasteiger partial charge in [-0.2, -0.15) is 0 Å². The summed E-state index contributed by atoms with van der Waals surface area (Å²) >= 11 is 20.0. The number of alkyl halides is 3. The Morgan fingerprint density at radius 1 is 1.32 bits per heavy atom. The Hall–Kier alpha value is -0.200. The van der Waals surface area contributed by atoms with Crippen LogP contribution < -0.4 is 5.32 Å². The van der Waals surface area contributed by atoms with E-state index in [4.69, 9.17) is 44.3 Å². The van der Waals surface area contributed by atoms with Crippen molar-refractivity contribution in [3.05, 3.63) is 34.3 Å². The van der Waals surface area contributed by atoms with Gasteiger partial charge in [0.15, 0.2) is 0 Å². The molecular weight excluding hydrogens is 416 g/mol. The standard InChI is InChI=1S/C14H15BrCl3NO3/c15-10-3-1-9(2-4-10)11-5-6-19-7-12(11)22-13(20)21-8-14(16,17)18/h1-4,11-12,19H,5-8H2. The Morgan fingerprint density at radius 3 is 2.64 bits per heavy atom. The highest BCUT2D eigenvalue weighted by atomic mass is 79.9. The lowest BCUT2D eigenvalue weighted by Crippen LogP contribution is -2.42. The second-order valence-electron chi connectivity index (χ2n) is 4.96. The third kappa shape index (κ3) is 5.78. The van der Waals surface area contributed by atoms with Crippen molar-refractivity contribution in [1.29, 1.82) is 0 Å². The van der Waals surface area contributed by atoms with E-state index in [1.165, 1.54) is 0 Å². The molecule has 1 saturated heterocycles. The molecule has 8 heteroatoms. The number of carbonyl (C=O) groups excluding carboxylic acids is 1. The van der Waals surface area contributed by atoms with Gasteiger partial charge in [-0.25, -0.2) is 4.79 Å². The second kappa shape index (κ2) is 8.06. The van der Waals surface area contributed by atoms with Crippen molar-refractivity contribution < 1.29 is 14.3 Å². The van der Waals surface area contributed by atoms with Gasteiger partial charge in [-0.15, -0.1) is 0 Å². The highest BCUT2D eigenvalue weighted by Crippen LogP contribution is 2.30. The van der Waals surface area contributed by atoms with Crippen molar-refractivity contribution in [1.82, 2.24) is 5.32 Å². The summed E-state index contributed by atoms with van der Waals surface area (Å²) in [4.78, 5) is 11.7. The first-order valence-electron chi connectivity index (χ1n) is 6.71. The smallest absolute Gasteiger partial charge is 0.430 e. The molecule has 1 fully saturated rings. The maximum absolute atomic E-state index is 11.7. The summed E-state index contributed by atoms with van der Waals surface area (Å²) in [7, 11) is 0. The molecule has 2 unspecified atom stereocenters. The van der Waals surface area contributed by atoms with E-state index in [1.807, 2.05) is 24.3 Å². The first-order chi connectivity index (χ1) is 10.3. The van der Waals surface area contributed by atoms with E-state index in [9.17, 15) is 4.79 Å². The van der Waals surface area contributed by atoms with Gasteiger partial charge in [-0.1, -0.05) is 62.9 Å². The van der Waals surface area contributed by atoms with E-state index in [1.54, 1.807) is 0 Å². The summed E-state index contributed by atoms with van der Waals surface area (Å²) in [6.45, 7) is 1.08. The fourth-order valence-electron chi connectivity index (χ4n) is 2.34. The fraction of sp³-hybridized carbons (Fsp3) is 0.500. The van der Waals surface area contributed by atoms with E-state index in [0.29, 0.717) is 6.54 Å². The molecule has 1 N–H and O–H groups in total. The molecule has 122 valence electrons. The third-order valence-corrected chi connectivity index (χ3v) is 4.18. The first-order valence-corrected chi connectivity index (χ1v) is 8.64. The Kier molecular flexibility index (Phi) is 6.65. The number of hydrogen-bond acceptors (Lipinski definition) is 4. The van der Waals surface area contributed by atoms with Crippen LogP contribution in [-0.2, 0) is 9.47 Å². The molecule has 22 heavy (non-hydrogen) atoms. The van der Waals surface area contributed by atoms with Crippen molar-refractivity contribution in [3.63, 3.8) is 0 Å². The van der Waals surface area contributed by atoms with Crippen LogP contribution in [0.5, 0.6) is 0 Å². The average molecular weight is 432 g/mol. The molecule has 1 aliphatic heterocycles. The maximum atomic E-state index is 11.7. The molecule has 0 amide bonds. The van der Waals surface area contributed by atoms with Gasteiger partial charge >= 0.3 is 6.16 Å². The van der Waals surface area contributed by atoms with Gasteiger partial charge in [0.05, 0.1) is 0 Å². The Bertz CT molecular complexity index is 507. The van der Waals surface area contributed by atoms with Crippen LogP contribution in [0.1, 0.15) is 17.9 Å². The van der Waals surface area contributed by atoms with E-state index in [2.05, 4.69) is 21.2 Å². The quantitative estimate of drug-likeness (QED) is 0.569. The number of hydrogen-bond donors (Lipinski definition) is 1. The van der Waals surface area contributed by atoms with Crippen LogP contribution in [0.25, 0.3) is 0 Å². The number of benzene rings is 1. The van der Waals surface area contributed by atoms with E-state index in [-0.39, 0.29) is 18.6 Å². The minimum atomic E-state index is -1.64. The summed E-state index contributed by atoms with van der Waals surface area (Å²) in [5.74, 6) is 0.106. The van der Waals surface area contributed by atoms with Crippen LogP contribution in [0.3, 0.4) is 0 Å². The van der Waals surface area contributed by atoms with E-state index >= 15 is 0 Å². The molecule has 4 nitrogen and oxygen atoms in total. The van der Waals surface area contributed by atoms with Crippen LogP contribution >= 0.6 is 50.7 Å². The lowest BCUT2D eigenvalue weighted by Gasteiger charge is -2.31. The second-order valence-corrected chi connectivity index (χ2v) is 8.39. The average Bonchev–Trinajstić information content (AvgIpc) is 2.46. The Labute approximate surface area is 152 Å². The van der Waals surface area contributed by atoms with Crippen molar-refractivity contribution in [2.75, 3.05) is 19.7 Å². The molecule has 0 radical (unpaired) electrons. The lowest BCUT2D eigenvalue weighted by atomic mass is 9.88. The number of ether oxygens (including phenoxy) is 2. The molecule has 1 aromatic carbocycles. The number of rotatable bonds is 3. The molecule has 1 heterocycles. The highest BCUT2D eigenvalue weighted by molar-refractivity contribution is 9.10. The van der Waals surface area contributed by atoms with Crippen LogP contribution in [0.2, 0.25) is 0 Å². The van der Waals surface area contributed by atoms with Gasteiger partial charge < -0.3 is 14.8 Å². The van der Waals surface area contributed by atoms with Gasteiger partial charge in [-0.3, -0.25) is 0 Å². The van der Waals surface area contributed by atoms with Crippen LogP contribution in [0.4, 0.5) is 4.79 Å². The van der Waals surface area contributed by atoms with Crippen molar-refractivity contribution in [3.8, 4) is 0 Å². The third-order valence-electron chi connectivity index (χ3n) is 3.33. The number of piperidine rings is 1. The first kappa shape index (κ1) is 18.1. The molecule has 0 saturated carbocycles. The highest BCUT2D eigenvalue weighted by Gasteiger charge is 2.31. The normalized spacial score (nSPS) is 22.2. The van der Waals surface area contributed by atoms with Crippen LogP contribution in [0, 0.1) is 0 Å². The van der Waals surface area contributed by atoms with E-state index < -0.39 is 9.95 Å². The topological polar surface area (TPSA) is 47.6 Å². The van der Waals surface area contributed by atoms with E-state index in [0.717, 1.165) is 23.0 Å². The molecule has 0 aliphatic carbocycles. The molecule has 0 bridgehead atoms. The molecule has 0 spiro atoms. The molecule has 1 aliphatic rings. The van der Waals surface area contributed by atoms with Gasteiger partial charge in [-0.05, 0) is 30.7 Å². The minimum Gasteiger partial charge on any atom is -0.430 e. The van der Waals surface area contributed by atoms with Crippen LogP contribution in [0.15, 0.2) is 28.7 Å². The fourth-order valence-corrected chi connectivity index (χ4v) is 2.77. The number of halogens is 4. The molecule has 1 aromatic rings. The minimum absolute atomic E-state index is 0.106. The van der Waals surface area contributed by atoms with Crippen molar-refractivity contribution in [2.24, 2.45) is 0 Å². The number of nitrogens with one attached hydrogen (secondary N) is 1. The van der Waals surface area contributed by atoms with Crippen molar-refractivity contribution in [2.45, 2.75) is 22.2 Å². The number of carbonyl (C=O) groups is 1. The zero-order chi connectivity index (χ0) is 16.2. The van der Waals surface area contributed by atoms with Gasteiger partial charge in [0, 0.05) is 16.9 Å². The lowest BCUT2D eigenvalue weighted by molar-refractivity contribution is 0.00855. The van der Waals surface area contributed by atoms with Gasteiger partial charge in [0.1, 0.15) is 12.7 Å². The molecule has 0 aromatic heterocycles. The predicted molar refractivity (Wildman–Crippen MR) is 90.9 cm³/mol. The van der Waals surface area contributed by atoms with Crippen molar-refractivity contribution >= 4 is 56.9 Å². The summed E-state index contributed by atoms with van der Waals surface area (Å²) in [5.41, 5.74) is 1.11. The summed E-state index contributed by atoms with van der Waals surface area (Å²) in [6, 6.07) is 7.97. The SMILES string of the molecule is O=C(OCC(Cl)(Cl)Cl)OC1CNCCC1c1ccc(Br)cc1. The predicted octanol–water partition coefficient (Wildman–Crippen LogP) is 4.42. The van der Waals surface area contributed by atoms with Crippen LogP contribution in [-0.4, -0.2) is 35.7 Å². The molecule has 2 rings (SSSR count). The summed E-state index contributed by atoms with van der Waals surface area (Å²) in [6.07, 6.45) is -0.288. The van der Waals surface area contributed by atoms with Gasteiger partial charge in [0.2, 0.25) is 3.79 Å². The summed E-state index contributed by atoms with van der Waals surface area (Å²) in [5, 5.41) is 3.20. The molecular formula is C14H15BrCl3NO3. The largest absolute Gasteiger partial charge is 0.508 e. The Balaban J connectivity index is 1.97. The monoisotopic (exact) mass is 429 g/mol. The Morgan fingerprint density at radius 2 is 2.00 bits per heavy atom.